The zero-order chi connectivity index (χ0) is 46.3. The standard InChI is InChI=1S/C57H110O6/c1-7-52(5)44-38-32-26-19-17-15-13-11-9-10-12-14-16-18-20-30-36-42-48-57(60)63-54(49-61-55(58)46-40-34-28-23-21-25-31-37-43-51(3)4)50-62-56(59)47-41-35-29-24-22-27-33-39-45-53(6)8-2/h51-54H,7-50H2,1-6H3/t52?,53?,54-/m1/s1. The van der Waals surface area contributed by atoms with Crippen molar-refractivity contribution in [2.24, 2.45) is 17.8 Å². The molecule has 0 aliphatic heterocycles. The first-order valence-corrected chi connectivity index (χ1v) is 28.2. The second kappa shape index (κ2) is 48.3. The van der Waals surface area contributed by atoms with Crippen molar-refractivity contribution in [1.29, 1.82) is 0 Å². The molecule has 0 amide bonds. The lowest BCUT2D eigenvalue weighted by atomic mass is 9.99. The predicted octanol–water partition coefficient (Wildman–Crippen LogP) is 18.3. The highest BCUT2D eigenvalue weighted by Crippen LogP contribution is 2.19. The van der Waals surface area contributed by atoms with E-state index in [-0.39, 0.29) is 31.1 Å². The van der Waals surface area contributed by atoms with Crippen LogP contribution < -0.4 is 0 Å². The number of carbonyl (C=O) groups is 3. The molecule has 0 heterocycles. The number of ether oxygens (including phenoxy) is 3. The van der Waals surface area contributed by atoms with Gasteiger partial charge >= 0.3 is 17.9 Å². The largest absolute Gasteiger partial charge is 0.462 e. The summed E-state index contributed by atoms with van der Waals surface area (Å²) in [4.78, 5) is 38.0. The minimum Gasteiger partial charge on any atom is -0.462 e. The Hall–Kier alpha value is -1.59. The fraction of sp³-hybridized carbons (Fsp3) is 0.947. The Morgan fingerprint density at radius 1 is 0.317 bits per heavy atom. The van der Waals surface area contributed by atoms with Crippen LogP contribution in [0.2, 0.25) is 0 Å². The smallest absolute Gasteiger partial charge is 0.306 e. The van der Waals surface area contributed by atoms with E-state index < -0.39 is 6.10 Å². The molecule has 0 bridgehead atoms. The van der Waals surface area contributed by atoms with Crippen molar-refractivity contribution in [1.82, 2.24) is 0 Å². The number of hydrogen-bond donors (Lipinski definition) is 0. The van der Waals surface area contributed by atoms with Crippen LogP contribution in [0.3, 0.4) is 0 Å². The fourth-order valence-electron chi connectivity index (χ4n) is 8.58. The van der Waals surface area contributed by atoms with Gasteiger partial charge in [-0.3, -0.25) is 14.4 Å². The molecule has 0 saturated heterocycles. The normalized spacial score (nSPS) is 13.0. The van der Waals surface area contributed by atoms with E-state index in [0.717, 1.165) is 75.5 Å². The summed E-state index contributed by atoms with van der Waals surface area (Å²) in [5, 5.41) is 0. The van der Waals surface area contributed by atoms with Crippen molar-refractivity contribution in [2.75, 3.05) is 13.2 Å². The molecule has 0 rings (SSSR count). The molecule has 6 nitrogen and oxygen atoms in total. The molecule has 0 radical (unpaired) electrons. The molecule has 0 aromatic heterocycles. The molecule has 0 N–H and O–H groups in total. The summed E-state index contributed by atoms with van der Waals surface area (Å²) < 4.78 is 16.8. The second-order valence-corrected chi connectivity index (χ2v) is 20.5. The van der Waals surface area contributed by atoms with Gasteiger partial charge in [0.1, 0.15) is 13.2 Å². The van der Waals surface area contributed by atoms with Crippen LogP contribution in [0.25, 0.3) is 0 Å². The number of unbranched alkanes of at least 4 members (excludes halogenated alkanes) is 31. The molecule has 6 heteroatoms. The van der Waals surface area contributed by atoms with Crippen LogP contribution in [0.15, 0.2) is 0 Å². The minimum absolute atomic E-state index is 0.0650. The first kappa shape index (κ1) is 61.4. The molecular weight excluding hydrogens is 781 g/mol. The van der Waals surface area contributed by atoms with E-state index in [1.54, 1.807) is 0 Å². The van der Waals surface area contributed by atoms with E-state index >= 15 is 0 Å². The van der Waals surface area contributed by atoms with Crippen molar-refractivity contribution in [3.05, 3.63) is 0 Å². The maximum atomic E-state index is 12.8. The Kier molecular flexibility index (Phi) is 47.1. The lowest BCUT2D eigenvalue weighted by Gasteiger charge is -2.18. The first-order chi connectivity index (χ1) is 30.7. The third kappa shape index (κ3) is 48.2. The molecule has 3 atom stereocenters. The van der Waals surface area contributed by atoms with E-state index in [1.165, 1.54) is 193 Å². The molecule has 0 aliphatic carbocycles. The Bertz CT molecular complexity index is 980. The van der Waals surface area contributed by atoms with Crippen LogP contribution in [-0.2, 0) is 28.6 Å². The third-order valence-electron chi connectivity index (χ3n) is 13.6. The van der Waals surface area contributed by atoms with Gasteiger partial charge in [0, 0.05) is 19.3 Å². The van der Waals surface area contributed by atoms with Crippen LogP contribution in [0.5, 0.6) is 0 Å². The summed E-state index contributed by atoms with van der Waals surface area (Å²) in [6.07, 6.45) is 49.5. The van der Waals surface area contributed by atoms with E-state index in [9.17, 15) is 14.4 Å². The predicted molar refractivity (Wildman–Crippen MR) is 270 cm³/mol. The van der Waals surface area contributed by atoms with E-state index in [1.807, 2.05) is 0 Å². The second-order valence-electron chi connectivity index (χ2n) is 20.5. The summed E-state index contributed by atoms with van der Waals surface area (Å²) in [6.45, 7) is 13.8. The van der Waals surface area contributed by atoms with Crippen molar-refractivity contribution >= 4 is 17.9 Å². The SMILES string of the molecule is CCC(C)CCCCCCCCCCCCCCCCCCCCC(=O)O[C@H](COC(=O)CCCCCCCCCCC(C)C)COC(=O)CCCCCCCCCCC(C)CC. The van der Waals surface area contributed by atoms with Crippen LogP contribution in [0, 0.1) is 17.8 Å². The highest BCUT2D eigenvalue weighted by molar-refractivity contribution is 5.71. The summed E-state index contributed by atoms with van der Waals surface area (Å²) >= 11 is 0. The minimum atomic E-state index is -0.763. The number of esters is 3. The summed E-state index contributed by atoms with van der Waals surface area (Å²) in [7, 11) is 0. The van der Waals surface area contributed by atoms with Gasteiger partial charge in [0.15, 0.2) is 6.10 Å². The Balaban J connectivity index is 4.23. The van der Waals surface area contributed by atoms with Crippen LogP contribution in [0.4, 0.5) is 0 Å². The molecule has 0 aliphatic rings. The highest BCUT2D eigenvalue weighted by atomic mass is 16.6. The number of rotatable bonds is 50. The van der Waals surface area contributed by atoms with Gasteiger partial charge in [-0.15, -0.1) is 0 Å². The van der Waals surface area contributed by atoms with Crippen molar-refractivity contribution in [3.8, 4) is 0 Å². The van der Waals surface area contributed by atoms with Gasteiger partial charge in [-0.25, -0.2) is 0 Å². The molecule has 0 aromatic rings. The van der Waals surface area contributed by atoms with E-state index in [2.05, 4.69) is 41.5 Å². The van der Waals surface area contributed by atoms with Crippen LogP contribution in [-0.4, -0.2) is 37.2 Å². The lowest BCUT2D eigenvalue weighted by Crippen LogP contribution is -2.30. The Morgan fingerprint density at radius 3 is 0.825 bits per heavy atom. The molecular formula is C57H110O6. The van der Waals surface area contributed by atoms with Gasteiger partial charge in [0.25, 0.3) is 0 Å². The molecule has 0 fully saturated rings. The van der Waals surface area contributed by atoms with Gasteiger partial charge in [0.05, 0.1) is 0 Å². The molecule has 0 saturated carbocycles. The van der Waals surface area contributed by atoms with Gasteiger partial charge in [0.2, 0.25) is 0 Å². The van der Waals surface area contributed by atoms with Gasteiger partial charge < -0.3 is 14.2 Å². The quantitative estimate of drug-likeness (QED) is 0.0344. The maximum Gasteiger partial charge on any atom is 0.306 e. The average Bonchev–Trinajstić information content (AvgIpc) is 3.27. The fourth-order valence-corrected chi connectivity index (χ4v) is 8.58. The molecule has 0 spiro atoms. The zero-order valence-electron chi connectivity index (χ0n) is 43.4. The zero-order valence-corrected chi connectivity index (χ0v) is 43.4. The van der Waals surface area contributed by atoms with Crippen LogP contribution >= 0.6 is 0 Å². The van der Waals surface area contributed by atoms with Gasteiger partial charge in [-0.1, -0.05) is 273 Å². The molecule has 2 unspecified atom stereocenters. The summed E-state index contributed by atoms with van der Waals surface area (Å²) in [5.74, 6) is 1.70. The van der Waals surface area contributed by atoms with Crippen LogP contribution in [0.1, 0.15) is 311 Å². The Labute approximate surface area is 393 Å². The third-order valence-corrected chi connectivity index (χ3v) is 13.6. The maximum absolute atomic E-state index is 12.8. The number of carbonyl (C=O) groups excluding carboxylic acids is 3. The van der Waals surface area contributed by atoms with Crippen molar-refractivity contribution in [3.63, 3.8) is 0 Å². The van der Waals surface area contributed by atoms with E-state index in [0.29, 0.717) is 19.3 Å². The average molecular weight is 892 g/mol. The van der Waals surface area contributed by atoms with E-state index in [4.69, 9.17) is 14.2 Å². The summed E-state index contributed by atoms with van der Waals surface area (Å²) in [5.41, 5.74) is 0. The number of hydrogen-bond acceptors (Lipinski definition) is 6. The van der Waals surface area contributed by atoms with Crippen molar-refractivity contribution < 1.29 is 28.6 Å². The summed E-state index contributed by atoms with van der Waals surface area (Å²) in [6, 6.07) is 0. The van der Waals surface area contributed by atoms with Gasteiger partial charge in [-0.05, 0) is 37.0 Å². The highest BCUT2D eigenvalue weighted by Gasteiger charge is 2.19. The monoisotopic (exact) mass is 891 g/mol. The molecule has 63 heavy (non-hydrogen) atoms. The topological polar surface area (TPSA) is 78.9 Å². The molecule has 374 valence electrons. The lowest BCUT2D eigenvalue weighted by molar-refractivity contribution is -0.167. The first-order valence-electron chi connectivity index (χ1n) is 28.2. The van der Waals surface area contributed by atoms with Gasteiger partial charge in [-0.2, -0.15) is 0 Å². The molecule has 0 aromatic carbocycles. The van der Waals surface area contributed by atoms with Crippen molar-refractivity contribution in [2.45, 2.75) is 317 Å². The Morgan fingerprint density at radius 2 is 0.556 bits per heavy atom.